The maximum Gasteiger partial charge on any atom is 0.323 e. The second-order valence-corrected chi connectivity index (χ2v) is 3.90. The molecule has 0 saturated heterocycles. The van der Waals surface area contributed by atoms with Crippen LogP contribution in [-0.4, -0.2) is 18.4 Å². The third-order valence-corrected chi connectivity index (χ3v) is 2.55. The number of halogens is 1. The van der Waals surface area contributed by atoms with E-state index in [1.54, 1.807) is 6.92 Å². The fraction of sp³-hybridized carbons (Fsp3) is 0.357. The largest absolute Gasteiger partial charge is 0.465 e. The van der Waals surface area contributed by atoms with Crippen molar-refractivity contribution in [2.75, 3.05) is 6.61 Å². The summed E-state index contributed by atoms with van der Waals surface area (Å²) < 4.78 is 17.4. The van der Waals surface area contributed by atoms with Crippen LogP contribution >= 0.6 is 0 Å². The molecule has 0 N–H and O–H groups in total. The number of hydrogen-bond donors (Lipinski definition) is 0. The summed E-state index contributed by atoms with van der Waals surface area (Å²) >= 11 is 0. The molecule has 1 aromatic carbocycles. The van der Waals surface area contributed by atoms with Crippen LogP contribution in [0.2, 0.25) is 0 Å². The van der Waals surface area contributed by atoms with Crippen molar-refractivity contribution >= 4 is 11.8 Å². The number of rotatable bonds is 6. The molecule has 0 radical (unpaired) electrons. The fourth-order valence-corrected chi connectivity index (χ4v) is 1.53. The summed E-state index contributed by atoms with van der Waals surface area (Å²) in [6, 6.07) is 6.96. The van der Waals surface area contributed by atoms with Crippen LogP contribution in [0, 0.1) is 23.1 Å². The van der Waals surface area contributed by atoms with Crippen LogP contribution < -0.4 is 0 Å². The zero-order valence-corrected chi connectivity index (χ0v) is 10.6. The van der Waals surface area contributed by atoms with Gasteiger partial charge in [0.05, 0.1) is 12.7 Å². The van der Waals surface area contributed by atoms with Crippen molar-refractivity contribution < 1.29 is 18.7 Å². The van der Waals surface area contributed by atoms with Gasteiger partial charge in [-0.15, -0.1) is 0 Å². The Balaban J connectivity index is 2.56. The minimum absolute atomic E-state index is 0.0443. The second-order valence-electron chi connectivity index (χ2n) is 3.90. The number of hydrogen-bond acceptors (Lipinski definition) is 4. The number of Topliss-reactive ketones (excluding diaryl/α,β-unsaturated/α-hetero) is 1. The number of benzene rings is 1. The van der Waals surface area contributed by atoms with E-state index in [0.29, 0.717) is 5.56 Å². The van der Waals surface area contributed by atoms with Gasteiger partial charge in [0, 0.05) is 12.0 Å². The molecule has 0 aliphatic rings. The summed E-state index contributed by atoms with van der Waals surface area (Å²) in [5, 5.41) is 8.83. The molecule has 5 heteroatoms. The zero-order chi connectivity index (χ0) is 14.3. The molecule has 19 heavy (non-hydrogen) atoms. The van der Waals surface area contributed by atoms with E-state index in [0.717, 1.165) is 0 Å². The SMILES string of the molecule is CCOC(=O)C(C#N)CCC(=O)c1ccc(F)cc1. The summed E-state index contributed by atoms with van der Waals surface area (Å²) in [5.41, 5.74) is 0.363. The van der Waals surface area contributed by atoms with Gasteiger partial charge in [0.25, 0.3) is 0 Å². The summed E-state index contributed by atoms with van der Waals surface area (Å²) in [7, 11) is 0. The maximum absolute atomic E-state index is 12.7. The van der Waals surface area contributed by atoms with E-state index >= 15 is 0 Å². The predicted molar refractivity (Wildman–Crippen MR) is 65.7 cm³/mol. The van der Waals surface area contributed by atoms with Gasteiger partial charge in [0.2, 0.25) is 0 Å². The summed E-state index contributed by atoms with van der Waals surface area (Å²) in [6.45, 7) is 1.85. The van der Waals surface area contributed by atoms with Crippen LogP contribution in [0.5, 0.6) is 0 Å². The van der Waals surface area contributed by atoms with Gasteiger partial charge in [-0.1, -0.05) is 0 Å². The molecule has 0 aromatic heterocycles. The topological polar surface area (TPSA) is 67.2 Å². The first-order valence-electron chi connectivity index (χ1n) is 5.93. The van der Waals surface area contributed by atoms with Crippen LogP contribution in [0.4, 0.5) is 4.39 Å². The number of ether oxygens (including phenoxy) is 1. The third-order valence-electron chi connectivity index (χ3n) is 2.55. The van der Waals surface area contributed by atoms with E-state index in [2.05, 4.69) is 0 Å². The van der Waals surface area contributed by atoms with E-state index < -0.39 is 17.7 Å². The van der Waals surface area contributed by atoms with Crippen molar-refractivity contribution in [2.45, 2.75) is 19.8 Å². The monoisotopic (exact) mass is 263 g/mol. The average Bonchev–Trinajstić information content (AvgIpc) is 2.40. The molecule has 0 amide bonds. The first kappa shape index (κ1) is 14.8. The summed E-state index contributed by atoms with van der Waals surface area (Å²) in [6.07, 6.45) is 0.147. The van der Waals surface area contributed by atoms with Crippen LogP contribution in [0.15, 0.2) is 24.3 Å². The number of nitrogens with zero attached hydrogens (tertiary/aromatic N) is 1. The molecular formula is C14H14FNO3. The Labute approximate surface area is 110 Å². The highest BCUT2D eigenvalue weighted by atomic mass is 19.1. The molecule has 0 fully saturated rings. The highest BCUT2D eigenvalue weighted by molar-refractivity contribution is 5.96. The van der Waals surface area contributed by atoms with Crippen molar-refractivity contribution in [1.82, 2.24) is 0 Å². The molecule has 1 unspecified atom stereocenters. The molecule has 100 valence electrons. The van der Waals surface area contributed by atoms with E-state index in [1.165, 1.54) is 24.3 Å². The molecule has 0 spiro atoms. The number of carbonyl (C=O) groups is 2. The Kier molecular flexibility index (Phi) is 5.68. The first-order valence-corrected chi connectivity index (χ1v) is 5.93. The Morgan fingerprint density at radius 2 is 2.00 bits per heavy atom. The highest BCUT2D eigenvalue weighted by Gasteiger charge is 2.20. The molecule has 0 bridgehead atoms. The minimum Gasteiger partial charge on any atom is -0.465 e. The lowest BCUT2D eigenvalue weighted by atomic mass is 10.00. The molecule has 0 aliphatic heterocycles. The van der Waals surface area contributed by atoms with Crippen molar-refractivity contribution in [3.05, 3.63) is 35.6 Å². The van der Waals surface area contributed by atoms with E-state index in [9.17, 15) is 14.0 Å². The van der Waals surface area contributed by atoms with Gasteiger partial charge in [-0.25, -0.2) is 4.39 Å². The zero-order valence-electron chi connectivity index (χ0n) is 10.6. The molecule has 0 saturated carbocycles. The van der Waals surface area contributed by atoms with Gasteiger partial charge in [-0.3, -0.25) is 9.59 Å². The molecule has 4 nitrogen and oxygen atoms in total. The molecule has 1 atom stereocenters. The lowest BCUT2D eigenvalue weighted by molar-refractivity contribution is -0.146. The smallest absolute Gasteiger partial charge is 0.323 e. The average molecular weight is 263 g/mol. The normalized spacial score (nSPS) is 11.4. The van der Waals surface area contributed by atoms with Crippen molar-refractivity contribution in [3.63, 3.8) is 0 Å². The van der Waals surface area contributed by atoms with Crippen LogP contribution in [-0.2, 0) is 9.53 Å². The predicted octanol–water partition coefficient (Wildman–Crippen LogP) is 2.49. The second kappa shape index (κ2) is 7.27. The number of carbonyl (C=O) groups excluding carboxylic acids is 2. The standard InChI is InChI=1S/C14H14FNO3/c1-2-19-14(18)11(9-16)5-8-13(17)10-3-6-12(15)7-4-10/h3-4,6-7,11H,2,5,8H2,1H3. The number of nitriles is 1. The Morgan fingerprint density at radius 1 is 1.37 bits per heavy atom. The van der Waals surface area contributed by atoms with Gasteiger partial charge < -0.3 is 4.74 Å². The van der Waals surface area contributed by atoms with E-state index in [1.807, 2.05) is 6.07 Å². The molecule has 1 aromatic rings. The van der Waals surface area contributed by atoms with Crippen LogP contribution in [0.3, 0.4) is 0 Å². The lowest BCUT2D eigenvalue weighted by Gasteiger charge is -2.07. The summed E-state index contributed by atoms with van der Waals surface area (Å²) in [4.78, 5) is 23.1. The maximum atomic E-state index is 12.7. The van der Waals surface area contributed by atoms with Crippen molar-refractivity contribution in [2.24, 2.45) is 5.92 Å². The van der Waals surface area contributed by atoms with Gasteiger partial charge in [-0.2, -0.15) is 5.26 Å². The van der Waals surface area contributed by atoms with Crippen LogP contribution in [0.25, 0.3) is 0 Å². The van der Waals surface area contributed by atoms with Gasteiger partial charge in [0.1, 0.15) is 11.7 Å². The third kappa shape index (κ3) is 4.51. The quantitative estimate of drug-likeness (QED) is 0.584. The first-order chi connectivity index (χ1) is 9.08. The van der Waals surface area contributed by atoms with Crippen LogP contribution in [0.1, 0.15) is 30.1 Å². The minimum atomic E-state index is -0.940. The van der Waals surface area contributed by atoms with Crippen molar-refractivity contribution in [1.29, 1.82) is 5.26 Å². The Morgan fingerprint density at radius 3 is 2.53 bits per heavy atom. The Hall–Kier alpha value is -2.22. The number of ketones is 1. The fourth-order valence-electron chi connectivity index (χ4n) is 1.53. The lowest BCUT2D eigenvalue weighted by Crippen LogP contribution is -2.17. The van der Waals surface area contributed by atoms with Crippen molar-refractivity contribution in [3.8, 4) is 6.07 Å². The highest BCUT2D eigenvalue weighted by Crippen LogP contribution is 2.12. The molecule has 0 heterocycles. The van der Waals surface area contributed by atoms with Gasteiger partial charge >= 0.3 is 5.97 Å². The van der Waals surface area contributed by atoms with Gasteiger partial charge in [0.15, 0.2) is 5.78 Å². The van der Waals surface area contributed by atoms with Gasteiger partial charge in [-0.05, 0) is 37.6 Å². The molecule has 1 rings (SSSR count). The molecular weight excluding hydrogens is 249 g/mol. The molecule has 0 aliphatic carbocycles. The van der Waals surface area contributed by atoms with E-state index in [4.69, 9.17) is 10.00 Å². The van der Waals surface area contributed by atoms with E-state index in [-0.39, 0.29) is 25.2 Å². The summed E-state index contributed by atoms with van der Waals surface area (Å²) in [5.74, 6) is -2.20. The number of esters is 1. The Bertz CT molecular complexity index is 490.